The fourth-order valence-corrected chi connectivity index (χ4v) is 1.52. The molecule has 0 amide bonds. The summed E-state index contributed by atoms with van der Waals surface area (Å²) in [4.78, 5) is 10.5. The minimum atomic E-state index is -0.330. The summed E-state index contributed by atoms with van der Waals surface area (Å²) < 4.78 is 0. The highest BCUT2D eigenvalue weighted by atomic mass is 16.6. The molecular weight excluding hydrogens is 216 g/mol. The number of nitrogens with one attached hydrogen (secondary N) is 1. The molecule has 17 heavy (non-hydrogen) atoms. The topological polar surface area (TPSA) is 55.2 Å². The lowest BCUT2D eigenvalue weighted by Gasteiger charge is -2.25. The van der Waals surface area contributed by atoms with Gasteiger partial charge >= 0.3 is 0 Å². The van der Waals surface area contributed by atoms with Crippen LogP contribution in [0.5, 0.6) is 0 Å². The van der Waals surface area contributed by atoms with Gasteiger partial charge in [0.15, 0.2) is 0 Å². The van der Waals surface area contributed by atoms with E-state index in [-0.39, 0.29) is 16.1 Å². The van der Waals surface area contributed by atoms with E-state index in [0.717, 1.165) is 17.5 Å². The molecule has 1 aromatic rings. The first-order valence-corrected chi connectivity index (χ1v) is 5.85. The molecule has 0 fully saturated rings. The van der Waals surface area contributed by atoms with E-state index in [2.05, 4.69) is 26.1 Å². The Morgan fingerprint density at radius 2 is 2.06 bits per heavy atom. The first-order valence-electron chi connectivity index (χ1n) is 5.85. The van der Waals surface area contributed by atoms with Gasteiger partial charge in [-0.25, -0.2) is 0 Å². The summed E-state index contributed by atoms with van der Waals surface area (Å²) in [6.07, 6.45) is 1.01. The maximum Gasteiger partial charge on any atom is 0.272 e. The largest absolute Gasteiger partial charge is 0.308 e. The average molecular weight is 236 g/mol. The molecule has 0 bridgehead atoms. The summed E-state index contributed by atoms with van der Waals surface area (Å²) in [6, 6.07) is 5.21. The summed E-state index contributed by atoms with van der Waals surface area (Å²) in [6.45, 7) is 8.83. The molecule has 0 saturated carbocycles. The molecule has 0 unspecified atom stereocenters. The van der Waals surface area contributed by atoms with Gasteiger partial charge in [-0.05, 0) is 32.8 Å². The van der Waals surface area contributed by atoms with Gasteiger partial charge in [0.05, 0.1) is 4.92 Å². The van der Waals surface area contributed by atoms with Crippen LogP contribution in [0.25, 0.3) is 0 Å². The Kier molecular flexibility index (Phi) is 4.23. The van der Waals surface area contributed by atoms with Gasteiger partial charge in [-0.3, -0.25) is 10.1 Å². The van der Waals surface area contributed by atoms with Gasteiger partial charge in [0.2, 0.25) is 0 Å². The van der Waals surface area contributed by atoms with Crippen molar-refractivity contribution in [3.8, 4) is 0 Å². The number of nitro groups is 1. The van der Waals surface area contributed by atoms with E-state index in [1.54, 1.807) is 19.1 Å². The van der Waals surface area contributed by atoms with Crippen molar-refractivity contribution in [2.45, 2.75) is 46.2 Å². The van der Waals surface area contributed by atoms with Crippen LogP contribution in [-0.4, -0.2) is 10.5 Å². The van der Waals surface area contributed by atoms with Gasteiger partial charge < -0.3 is 5.32 Å². The van der Waals surface area contributed by atoms with Gasteiger partial charge in [0, 0.05) is 23.7 Å². The van der Waals surface area contributed by atoms with Crippen LogP contribution in [0.15, 0.2) is 18.2 Å². The van der Waals surface area contributed by atoms with Gasteiger partial charge in [0.1, 0.15) is 0 Å². The first kappa shape index (κ1) is 13.6. The second kappa shape index (κ2) is 5.27. The van der Waals surface area contributed by atoms with Crippen LogP contribution < -0.4 is 5.32 Å². The van der Waals surface area contributed by atoms with Gasteiger partial charge in [-0.1, -0.05) is 19.1 Å². The molecular formula is C13H20N2O2. The van der Waals surface area contributed by atoms with Crippen molar-refractivity contribution < 1.29 is 4.92 Å². The molecule has 1 rings (SSSR count). The third kappa shape index (κ3) is 3.53. The minimum absolute atomic E-state index is 0.0526. The number of nitrogens with zero attached hydrogens (tertiary/aromatic N) is 1. The average Bonchev–Trinajstić information content (AvgIpc) is 2.27. The number of hydrogen-bond acceptors (Lipinski definition) is 3. The number of rotatable bonds is 5. The van der Waals surface area contributed by atoms with Crippen molar-refractivity contribution in [1.82, 2.24) is 5.32 Å². The standard InChI is InChI=1S/C13H20N2O2/c1-5-13(3,4)14-9-11-7-6-8-12(10(11)2)15(16)17/h6-8,14H,5,9H2,1-4H3. The number of hydrogen-bond donors (Lipinski definition) is 1. The lowest BCUT2D eigenvalue weighted by molar-refractivity contribution is -0.385. The molecule has 0 spiro atoms. The Morgan fingerprint density at radius 1 is 1.41 bits per heavy atom. The Bertz CT molecular complexity index is 414. The summed E-state index contributed by atoms with van der Waals surface area (Å²) >= 11 is 0. The zero-order valence-corrected chi connectivity index (χ0v) is 10.9. The Balaban J connectivity index is 2.86. The second-order valence-electron chi connectivity index (χ2n) is 4.91. The highest BCUT2D eigenvalue weighted by Gasteiger charge is 2.17. The number of nitro benzene ring substituents is 1. The zero-order chi connectivity index (χ0) is 13.1. The summed E-state index contributed by atoms with van der Waals surface area (Å²) in [5.41, 5.74) is 1.98. The third-order valence-corrected chi connectivity index (χ3v) is 3.26. The Labute approximate surface area is 102 Å². The predicted molar refractivity (Wildman–Crippen MR) is 69.0 cm³/mol. The van der Waals surface area contributed by atoms with E-state index >= 15 is 0 Å². The van der Waals surface area contributed by atoms with E-state index in [0.29, 0.717) is 6.54 Å². The quantitative estimate of drug-likeness (QED) is 0.631. The molecule has 4 heteroatoms. The normalized spacial score (nSPS) is 11.5. The predicted octanol–water partition coefficient (Wildman–Crippen LogP) is 3.18. The minimum Gasteiger partial charge on any atom is -0.308 e. The van der Waals surface area contributed by atoms with Crippen molar-refractivity contribution in [3.05, 3.63) is 39.4 Å². The molecule has 94 valence electrons. The third-order valence-electron chi connectivity index (χ3n) is 3.26. The van der Waals surface area contributed by atoms with E-state index in [9.17, 15) is 10.1 Å². The molecule has 1 N–H and O–H groups in total. The second-order valence-corrected chi connectivity index (χ2v) is 4.91. The molecule has 4 nitrogen and oxygen atoms in total. The van der Waals surface area contributed by atoms with E-state index in [1.807, 2.05) is 6.07 Å². The SMILES string of the molecule is CCC(C)(C)NCc1cccc([N+](=O)[O-])c1C. The molecule has 0 heterocycles. The molecule has 0 aliphatic heterocycles. The maximum atomic E-state index is 10.8. The van der Waals surface area contributed by atoms with Crippen LogP contribution in [0.1, 0.15) is 38.3 Å². The monoisotopic (exact) mass is 236 g/mol. The van der Waals surface area contributed by atoms with E-state index < -0.39 is 0 Å². The summed E-state index contributed by atoms with van der Waals surface area (Å²) in [5.74, 6) is 0. The highest BCUT2D eigenvalue weighted by Crippen LogP contribution is 2.21. The Morgan fingerprint density at radius 3 is 2.59 bits per heavy atom. The van der Waals surface area contributed by atoms with Crippen LogP contribution >= 0.6 is 0 Å². The highest BCUT2D eigenvalue weighted by molar-refractivity contribution is 5.44. The van der Waals surface area contributed by atoms with Gasteiger partial charge in [0.25, 0.3) is 5.69 Å². The molecule has 0 atom stereocenters. The zero-order valence-electron chi connectivity index (χ0n) is 10.9. The van der Waals surface area contributed by atoms with E-state index in [1.165, 1.54) is 0 Å². The summed E-state index contributed by atoms with van der Waals surface area (Å²) in [7, 11) is 0. The van der Waals surface area contributed by atoms with Crippen molar-refractivity contribution >= 4 is 5.69 Å². The van der Waals surface area contributed by atoms with E-state index in [4.69, 9.17) is 0 Å². The van der Waals surface area contributed by atoms with Crippen LogP contribution in [-0.2, 0) is 6.54 Å². The fourth-order valence-electron chi connectivity index (χ4n) is 1.52. The Hall–Kier alpha value is -1.42. The fraction of sp³-hybridized carbons (Fsp3) is 0.538. The van der Waals surface area contributed by atoms with Crippen molar-refractivity contribution in [3.63, 3.8) is 0 Å². The van der Waals surface area contributed by atoms with Gasteiger partial charge in [-0.2, -0.15) is 0 Å². The van der Waals surface area contributed by atoms with Crippen LogP contribution in [0.4, 0.5) is 5.69 Å². The molecule has 0 aliphatic rings. The van der Waals surface area contributed by atoms with Crippen molar-refractivity contribution in [2.75, 3.05) is 0 Å². The molecule has 0 saturated heterocycles. The first-order chi connectivity index (χ1) is 7.87. The van der Waals surface area contributed by atoms with Crippen molar-refractivity contribution in [1.29, 1.82) is 0 Å². The van der Waals surface area contributed by atoms with Gasteiger partial charge in [-0.15, -0.1) is 0 Å². The van der Waals surface area contributed by atoms with Crippen LogP contribution in [0.2, 0.25) is 0 Å². The molecule has 0 radical (unpaired) electrons. The lowest BCUT2D eigenvalue weighted by atomic mass is 10.0. The molecule has 0 aromatic heterocycles. The van der Waals surface area contributed by atoms with Crippen molar-refractivity contribution in [2.24, 2.45) is 0 Å². The summed E-state index contributed by atoms with van der Waals surface area (Å²) in [5, 5.41) is 14.2. The smallest absolute Gasteiger partial charge is 0.272 e. The lowest BCUT2D eigenvalue weighted by Crippen LogP contribution is -2.37. The molecule has 0 aliphatic carbocycles. The van der Waals surface area contributed by atoms with Crippen LogP contribution in [0, 0.1) is 17.0 Å². The van der Waals surface area contributed by atoms with Crippen LogP contribution in [0.3, 0.4) is 0 Å². The molecule has 1 aromatic carbocycles. The maximum absolute atomic E-state index is 10.8. The number of benzene rings is 1.